The Morgan fingerprint density at radius 1 is 0.923 bits per heavy atom. The Hall–Kier alpha value is -2.92. The highest BCUT2D eigenvalue weighted by Crippen LogP contribution is 2.46. The number of hydrogen-bond donors (Lipinski definition) is 0. The average Bonchev–Trinajstić information content (AvgIpc) is 2.94. The minimum atomic E-state index is -0.453. The maximum atomic E-state index is 13.9. The summed E-state index contributed by atoms with van der Waals surface area (Å²) in [6.07, 6.45) is 6.22. The van der Waals surface area contributed by atoms with Crippen molar-refractivity contribution < 1.29 is 14.3 Å². The first-order valence-corrected chi connectivity index (χ1v) is 14.9. The molecule has 0 amide bonds. The number of aliphatic imine (C=N–C) groups is 1. The summed E-state index contributed by atoms with van der Waals surface area (Å²) in [6, 6.07) is 16.1. The van der Waals surface area contributed by atoms with E-state index in [1.807, 2.05) is 31.2 Å². The molecule has 3 aliphatic rings. The lowest BCUT2D eigenvalue weighted by Crippen LogP contribution is -2.41. The third-order valence-corrected chi connectivity index (χ3v) is 8.97. The normalized spacial score (nSPS) is 23.7. The molecule has 2 aromatic rings. The number of halogens is 1. The SMILES string of the molecule is CCN(CC)c1ccc([C@H]2C(C(=O)OC3CCCCC3)=C(C)N=C3C[C@@H](c4ccc(Cl)cc4)CC(=O)C32)cc1. The Kier molecular flexibility index (Phi) is 8.56. The highest BCUT2D eigenvalue weighted by molar-refractivity contribution is 6.30. The summed E-state index contributed by atoms with van der Waals surface area (Å²) < 4.78 is 6.07. The van der Waals surface area contributed by atoms with Crippen molar-refractivity contribution in [1.82, 2.24) is 0 Å². The maximum Gasteiger partial charge on any atom is 0.336 e. The van der Waals surface area contributed by atoms with Gasteiger partial charge in [-0.25, -0.2) is 4.79 Å². The summed E-state index contributed by atoms with van der Waals surface area (Å²) in [5, 5.41) is 0.682. The van der Waals surface area contributed by atoms with E-state index in [9.17, 15) is 9.59 Å². The van der Waals surface area contributed by atoms with E-state index in [0.717, 1.165) is 61.3 Å². The number of allylic oxidation sites excluding steroid dienone is 1. The number of ether oxygens (including phenoxy) is 1. The van der Waals surface area contributed by atoms with Crippen LogP contribution in [0.15, 0.2) is 64.8 Å². The number of benzene rings is 2. The Bertz CT molecular complexity index is 1250. The summed E-state index contributed by atoms with van der Waals surface area (Å²) in [4.78, 5) is 34.9. The van der Waals surface area contributed by atoms with Crippen LogP contribution < -0.4 is 4.90 Å². The van der Waals surface area contributed by atoms with Crippen LogP contribution in [0, 0.1) is 5.92 Å². The predicted octanol–water partition coefficient (Wildman–Crippen LogP) is 7.64. The first-order valence-electron chi connectivity index (χ1n) is 14.5. The molecule has 39 heavy (non-hydrogen) atoms. The average molecular weight is 547 g/mol. The van der Waals surface area contributed by atoms with Gasteiger partial charge in [0.05, 0.1) is 11.5 Å². The van der Waals surface area contributed by atoms with E-state index in [0.29, 0.717) is 29.1 Å². The minimum absolute atomic E-state index is 0.0546. The number of rotatable bonds is 7. The molecule has 0 saturated heterocycles. The van der Waals surface area contributed by atoms with Crippen molar-refractivity contribution in [3.05, 3.63) is 76.0 Å². The van der Waals surface area contributed by atoms with Crippen LogP contribution in [0.2, 0.25) is 5.02 Å². The zero-order chi connectivity index (χ0) is 27.5. The Balaban J connectivity index is 1.52. The second-order valence-electron chi connectivity index (χ2n) is 11.1. The topological polar surface area (TPSA) is 59.0 Å². The molecule has 2 fully saturated rings. The molecule has 2 aromatic carbocycles. The van der Waals surface area contributed by atoms with Gasteiger partial charge in [-0.05, 0) is 94.2 Å². The molecule has 5 rings (SSSR count). The number of esters is 1. The molecule has 1 heterocycles. The third kappa shape index (κ3) is 5.84. The largest absolute Gasteiger partial charge is 0.459 e. The number of carbonyl (C=O) groups excluding carboxylic acids is 2. The van der Waals surface area contributed by atoms with E-state index in [-0.39, 0.29) is 23.8 Å². The van der Waals surface area contributed by atoms with Gasteiger partial charge in [0.15, 0.2) is 0 Å². The monoisotopic (exact) mass is 546 g/mol. The number of hydrogen-bond acceptors (Lipinski definition) is 5. The van der Waals surface area contributed by atoms with Gasteiger partial charge in [0.2, 0.25) is 0 Å². The smallest absolute Gasteiger partial charge is 0.336 e. The molecular weight excluding hydrogens is 508 g/mol. The van der Waals surface area contributed by atoms with Crippen molar-refractivity contribution in [2.24, 2.45) is 10.9 Å². The van der Waals surface area contributed by atoms with Crippen molar-refractivity contribution in [3.8, 4) is 0 Å². The van der Waals surface area contributed by atoms with Crippen LogP contribution in [0.5, 0.6) is 0 Å². The quantitative estimate of drug-likeness (QED) is 0.335. The first kappa shape index (κ1) is 27.6. The fourth-order valence-corrected chi connectivity index (χ4v) is 6.78. The van der Waals surface area contributed by atoms with E-state index in [4.69, 9.17) is 21.3 Å². The zero-order valence-electron chi connectivity index (χ0n) is 23.3. The summed E-state index contributed by atoms with van der Waals surface area (Å²) in [5.41, 5.74) is 5.29. The van der Waals surface area contributed by atoms with Crippen molar-refractivity contribution in [2.75, 3.05) is 18.0 Å². The molecule has 0 N–H and O–H groups in total. The van der Waals surface area contributed by atoms with E-state index < -0.39 is 11.8 Å². The summed E-state index contributed by atoms with van der Waals surface area (Å²) in [6.45, 7) is 8.02. The Morgan fingerprint density at radius 3 is 2.21 bits per heavy atom. The highest BCUT2D eigenvalue weighted by atomic mass is 35.5. The molecule has 5 nitrogen and oxygen atoms in total. The third-order valence-electron chi connectivity index (χ3n) is 8.72. The first-order chi connectivity index (χ1) is 18.9. The number of nitrogens with zero attached hydrogens (tertiary/aromatic N) is 2. The molecule has 2 aliphatic carbocycles. The summed E-state index contributed by atoms with van der Waals surface area (Å²) in [7, 11) is 0. The lowest BCUT2D eigenvalue weighted by atomic mass is 9.66. The van der Waals surface area contributed by atoms with Crippen LogP contribution in [0.25, 0.3) is 0 Å². The lowest BCUT2D eigenvalue weighted by Gasteiger charge is -2.38. The molecule has 6 heteroatoms. The van der Waals surface area contributed by atoms with Gasteiger partial charge >= 0.3 is 5.97 Å². The minimum Gasteiger partial charge on any atom is -0.459 e. The van der Waals surface area contributed by atoms with Gasteiger partial charge in [-0.15, -0.1) is 0 Å². The Labute approximate surface area is 237 Å². The molecule has 2 saturated carbocycles. The van der Waals surface area contributed by atoms with Crippen LogP contribution >= 0.6 is 11.6 Å². The second kappa shape index (κ2) is 12.1. The summed E-state index contributed by atoms with van der Waals surface area (Å²) in [5.74, 6) is -0.969. The second-order valence-corrected chi connectivity index (χ2v) is 11.5. The predicted molar refractivity (Wildman–Crippen MR) is 158 cm³/mol. The molecule has 3 atom stereocenters. The molecule has 0 bridgehead atoms. The van der Waals surface area contributed by atoms with Gasteiger partial charge in [0.1, 0.15) is 11.9 Å². The van der Waals surface area contributed by atoms with Gasteiger partial charge in [-0.2, -0.15) is 0 Å². The summed E-state index contributed by atoms with van der Waals surface area (Å²) >= 11 is 6.12. The van der Waals surface area contributed by atoms with Gasteiger partial charge in [0.25, 0.3) is 0 Å². The van der Waals surface area contributed by atoms with Gasteiger partial charge in [0, 0.05) is 47.5 Å². The van der Waals surface area contributed by atoms with Crippen molar-refractivity contribution in [1.29, 1.82) is 0 Å². The van der Waals surface area contributed by atoms with Crippen LogP contribution in [0.1, 0.15) is 88.7 Å². The standard InChI is InChI=1S/C33H39ClN2O3/c1-4-36(5-2)26-17-13-23(14-18-26)31-30(33(38)39-27-9-7-6-8-10-27)21(3)35-28-19-24(20-29(37)32(28)31)22-11-15-25(34)16-12-22/h11-18,24,27,31-32H,4-10,19-20H2,1-3H3/t24-,31+,32?/m1/s1. The van der Waals surface area contributed by atoms with Crippen LogP contribution in [0.4, 0.5) is 5.69 Å². The number of carbonyl (C=O) groups is 2. The van der Waals surface area contributed by atoms with Crippen LogP contribution in [-0.2, 0) is 14.3 Å². The molecule has 206 valence electrons. The van der Waals surface area contributed by atoms with E-state index in [2.05, 4.69) is 43.0 Å². The molecule has 1 unspecified atom stereocenters. The van der Waals surface area contributed by atoms with Crippen LogP contribution in [0.3, 0.4) is 0 Å². The highest BCUT2D eigenvalue weighted by Gasteiger charge is 2.46. The molecule has 0 aromatic heterocycles. The number of fused-ring (bicyclic) bond motifs is 1. The Morgan fingerprint density at radius 2 is 1.56 bits per heavy atom. The number of Topliss-reactive ketones (excluding diaryl/α,β-unsaturated/α-hetero) is 1. The van der Waals surface area contributed by atoms with E-state index in [1.165, 1.54) is 6.42 Å². The van der Waals surface area contributed by atoms with Crippen LogP contribution in [-0.4, -0.2) is 36.7 Å². The lowest BCUT2D eigenvalue weighted by molar-refractivity contribution is -0.146. The number of anilines is 1. The van der Waals surface area contributed by atoms with Gasteiger partial charge in [-0.3, -0.25) is 9.79 Å². The van der Waals surface area contributed by atoms with Crippen molar-refractivity contribution >= 4 is 34.8 Å². The van der Waals surface area contributed by atoms with E-state index in [1.54, 1.807) is 0 Å². The fraction of sp³-hybridized carbons (Fsp3) is 0.485. The van der Waals surface area contributed by atoms with Crippen molar-refractivity contribution in [3.63, 3.8) is 0 Å². The van der Waals surface area contributed by atoms with Gasteiger partial charge < -0.3 is 9.64 Å². The maximum absolute atomic E-state index is 13.9. The van der Waals surface area contributed by atoms with Gasteiger partial charge in [-0.1, -0.05) is 42.3 Å². The fourth-order valence-electron chi connectivity index (χ4n) is 6.65. The molecule has 0 radical (unpaired) electrons. The van der Waals surface area contributed by atoms with E-state index >= 15 is 0 Å². The molecular formula is C33H39ClN2O3. The molecule has 1 aliphatic heterocycles. The van der Waals surface area contributed by atoms with Crippen molar-refractivity contribution in [2.45, 2.75) is 83.7 Å². The zero-order valence-corrected chi connectivity index (χ0v) is 24.0. The number of ketones is 1. The molecule has 0 spiro atoms.